The van der Waals surface area contributed by atoms with Crippen LogP contribution in [-0.4, -0.2) is 21.7 Å². The maximum atomic E-state index is 9.02. The molecule has 0 aliphatic carbocycles. The van der Waals surface area contributed by atoms with Crippen molar-refractivity contribution in [3.05, 3.63) is 46.2 Å². The van der Waals surface area contributed by atoms with Gasteiger partial charge in [0, 0.05) is 28.6 Å². The van der Waals surface area contributed by atoms with E-state index >= 15 is 0 Å². The summed E-state index contributed by atoms with van der Waals surface area (Å²) in [5.41, 5.74) is 3.80. The predicted molar refractivity (Wildman–Crippen MR) is 72.7 cm³/mol. The molecule has 0 fully saturated rings. The van der Waals surface area contributed by atoms with Crippen LogP contribution in [-0.2, 0) is 6.42 Å². The Hall–Kier alpha value is -1.45. The molecule has 1 aromatic carbocycles. The van der Waals surface area contributed by atoms with Crippen LogP contribution in [0.1, 0.15) is 17.0 Å². The molecule has 0 spiro atoms. The van der Waals surface area contributed by atoms with E-state index in [1.165, 1.54) is 0 Å². The first-order valence-corrected chi connectivity index (χ1v) is 6.20. The van der Waals surface area contributed by atoms with Crippen molar-refractivity contribution in [2.24, 2.45) is 0 Å². The summed E-state index contributed by atoms with van der Waals surface area (Å²) < 4.78 is 0. The maximum Gasteiger partial charge on any atom is 0.159 e. The van der Waals surface area contributed by atoms with Crippen LogP contribution >= 0.6 is 11.6 Å². The minimum Gasteiger partial charge on any atom is -0.396 e. The minimum absolute atomic E-state index is 0.116. The molecule has 0 aliphatic rings. The molecular weight excluding hydrogens is 248 g/mol. The van der Waals surface area contributed by atoms with Gasteiger partial charge < -0.3 is 5.11 Å². The summed E-state index contributed by atoms with van der Waals surface area (Å²) in [5, 5.41) is 9.71. The number of rotatable bonds is 3. The zero-order valence-electron chi connectivity index (χ0n) is 10.4. The number of nitrogens with zero attached hydrogens (tertiary/aromatic N) is 2. The van der Waals surface area contributed by atoms with Crippen LogP contribution in [0.4, 0.5) is 0 Å². The van der Waals surface area contributed by atoms with Gasteiger partial charge in [0.1, 0.15) is 0 Å². The van der Waals surface area contributed by atoms with E-state index in [9.17, 15) is 0 Å². The average Bonchev–Trinajstić information content (AvgIpc) is 2.34. The second-order valence-corrected chi connectivity index (χ2v) is 4.61. The summed E-state index contributed by atoms with van der Waals surface area (Å²) in [5.74, 6) is 0.698. The molecule has 1 heterocycles. The third kappa shape index (κ3) is 2.68. The summed E-state index contributed by atoms with van der Waals surface area (Å²) in [4.78, 5) is 8.97. The lowest BCUT2D eigenvalue weighted by molar-refractivity contribution is 0.299. The minimum atomic E-state index is 0.116. The Morgan fingerprint density at radius 3 is 2.11 bits per heavy atom. The highest BCUT2D eigenvalue weighted by Gasteiger charge is 2.09. The Bertz CT molecular complexity index is 529. The van der Waals surface area contributed by atoms with E-state index in [4.69, 9.17) is 16.7 Å². The van der Waals surface area contributed by atoms with E-state index in [-0.39, 0.29) is 6.61 Å². The van der Waals surface area contributed by atoms with Crippen LogP contribution in [0.3, 0.4) is 0 Å². The molecule has 4 heteroatoms. The van der Waals surface area contributed by atoms with E-state index in [0.717, 1.165) is 22.5 Å². The molecule has 1 N–H and O–H groups in total. The van der Waals surface area contributed by atoms with Crippen molar-refractivity contribution in [2.45, 2.75) is 20.3 Å². The molecule has 2 rings (SSSR count). The SMILES string of the molecule is Cc1nc(-c2ccc(Cl)cc2)nc(C)c1CCO. The molecule has 0 saturated carbocycles. The first kappa shape index (κ1) is 13.0. The van der Waals surface area contributed by atoms with E-state index < -0.39 is 0 Å². The molecule has 0 aliphatic heterocycles. The van der Waals surface area contributed by atoms with Crippen molar-refractivity contribution < 1.29 is 5.11 Å². The number of aryl methyl sites for hydroxylation is 2. The number of aromatic nitrogens is 2. The second-order valence-electron chi connectivity index (χ2n) is 4.18. The quantitative estimate of drug-likeness (QED) is 0.925. The van der Waals surface area contributed by atoms with Gasteiger partial charge >= 0.3 is 0 Å². The van der Waals surface area contributed by atoms with E-state index in [0.29, 0.717) is 17.3 Å². The maximum absolute atomic E-state index is 9.02. The van der Waals surface area contributed by atoms with Gasteiger partial charge in [0.05, 0.1) is 0 Å². The molecule has 3 nitrogen and oxygen atoms in total. The van der Waals surface area contributed by atoms with Crippen LogP contribution in [0.5, 0.6) is 0 Å². The molecule has 0 atom stereocenters. The Kier molecular flexibility index (Phi) is 3.94. The number of hydrogen-bond donors (Lipinski definition) is 1. The van der Waals surface area contributed by atoms with Crippen molar-refractivity contribution >= 4 is 11.6 Å². The molecular formula is C14H15ClN2O. The number of halogens is 1. The molecule has 0 unspecified atom stereocenters. The predicted octanol–water partition coefficient (Wildman–Crippen LogP) is 2.95. The summed E-state index contributed by atoms with van der Waals surface area (Å²) in [7, 11) is 0. The van der Waals surface area contributed by atoms with Gasteiger partial charge in [0.15, 0.2) is 5.82 Å². The monoisotopic (exact) mass is 262 g/mol. The van der Waals surface area contributed by atoms with Crippen molar-refractivity contribution in [2.75, 3.05) is 6.61 Å². The van der Waals surface area contributed by atoms with Gasteiger partial charge in [-0.25, -0.2) is 9.97 Å². The molecule has 0 saturated heterocycles. The van der Waals surface area contributed by atoms with Crippen molar-refractivity contribution in [1.82, 2.24) is 9.97 Å². The Morgan fingerprint density at radius 1 is 1.06 bits per heavy atom. The van der Waals surface area contributed by atoms with Crippen LogP contribution in [0.25, 0.3) is 11.4 Å². The van der Waals surface area contributed by atoms with Crippen LogP contribution in [0, 0.1) is 13.8 Å². The Labute approximate surface area is 111 Å². The summed E-state index contributed by atoms with van der Waals surface area (Å²) in [6, 6.07) is 7.46. The Balaban J connectivity index is 2.44. The molecule has 1 aromatic heterocycles. The second kappa shape index (κ2) is 5.46. The zero-order chi connectivity index (χ0) is 13.1. The van der Waals surface area contributed by atoms with E-state index in [2.05, 4.69) is 9.97 Å². The summed E-state index contributed by atoms with van der Waals surface area (Å²) in [6.07, 6.45) is 0.596. The van der Waals surface area contributed by atoms with Crippen LogP contribution in [0.2, 0.25) is 5.02 Å². The number of hydrogen-bond acceptors (Lipinski definition) is 3. The third-order valence-electron chi connectivity index (χ3n) is 2.88. The zero-order valence-corrected chi connectivity index (χ0v) is 11.2. The normalized spacial score (nSPS) is 10.7. The number of benzene rings is 1. The first-order chi connectivity index (χ1) is 8.61. The molecule has 0 amide bonds. The lowest BCUT2D eigenvalue weighted by atomic mass is 10.1. The van der Waals surface area contributed by atoms with Crippen LogP contribution < -0.4 is 0 Å². The molecule has 18 heavy (non-hydrogen) atoms. The molecule has 0 bridgehead atoms. The summed E-state index contributed by atoms with van der Waals surface area (Å²) in [6.45, 7) is 4.00. The van der Waals surface area contributed by atoms with Gasteiger partial charge in [0.2, 0.25) is 0 Å². The third-order valence-corrected chi connectivity index (χ3v) is 3.14. The molecule has 2 aromatic rings. The van der Waals surface area contributed by atoms with Crippen molar-refractivity contribution in [3.63, 3.8) is 0 Å². The van der Waals surface area contributed by atoms with Gasteiger partial charge in [0.25, 0.3) is 0 Å². The lowest BCUT2D eigenvalue weighted by Gasteiger charge is -2.09. The van der Waals surface area contributed by atoms with Gasteiger partial charge in [-0.15, -0.1) is 0 Å². The lowest BCUT2D eigenvalue weighted by Crippen LogP contribution is -2.04. The number of aliphatic hydroxyl groups excluding tert-OH is 1. The standard InChI is InChI=1S/C14H15ClN2O/c1-9-13(7-8-18)10(2)17-14(16-9)11-3-5-12(15)6-4-11/h3-6,18H,7-8H2,1-2H3. The van der Waals surface area contributed by atoms with Gasteiger partial charge in [-0.05, 0) is 50.1 Å². The Morgan fingerprint density at radius 2 is 1.61 bits per heavy atom. The fraction of sp³-hybridized carbons (Fsp3) is 0.286. The fourth-order valence-electron chi connectivity index (χ4n) is 1.94. The highest BCUT2D eigenvalue weighted by Crippen LogP contribution is 2.20. The smallest absolute Gasteiger partial charge is 0.159 e. The average molecular weight is 263 g/mol. The topological polar surface area (TPSA) is 46.0 Å². The first-order valence-electron chi connectivity index (χ1n) is 5.82. The van der Waals surface area contributed by atoms with Crippen LogP contribution in [0.15, 0.2) is 24.3 Å². The molecule has 0 radical (unpaired) electrons. The highest BCUT2D eigenvalue weighted by molar-refractivity contribution is 6.30. The van der Waals surface area contributed by atoms with E-state index in [1.807, 2.05) is 38.1 Å². The van der Waals surface area contributed by atoms with Gasteiger partial charge in [-0.1, -0.05) is 11.6 Å². The number of aliphatic hydroxyl groups is 1. The van der Waals surface area contributed by atoms with Crippen molar-refractivity contribution in [1.29, 1.82) is 0 Å². The largest absolute Gasteiger partial charge is 0.396 e. The van der Waals surface area contributed by atoms with Crippen molar-refractivity contribution in [3.8, 4) is 11.4 Å². The van der Waals surface area contributed by atoms with Gasteiger partial charge in [-0.3, -0.25) is 0 Å². The van der Waals surface area contributed by atoms with Gasteiger partial charge in [-0.2, -0.15) is 0 Å². The van der Waals surface area contributed by atoms with E-state index in [1.54, 1.807) is 0 Å². The highest BCUT2D eigenvalue weighted by atomic mass is 35.5. The fourth-order valence-corrected chi connectivity index (χ4v) is 2.07. The summed E-state index contributed by atoms with van der Waals surface area (Å²) >= 11 is 5.86. The molecule has 94 valence electrons.